The average Bonchev–Trinajstić information content (AvgIpc) is 2.54. The van der Waals surface area contributed by atoms with Gasteiger partial charge in [-0.3, -0.25) is 4.79 Å². The lowest BCUT2D eigenvalue weighted by atomic mass is 9.96. The molecule has 1 amide bonds. The van der Waals surface area contributed by atoms with Gasteiger partial charge in [-0.2, -0.15) is 0 Å². The van der Waals surface area contributed by atoms with Gasteiger partial charge in [0.15, 0.2) is 0 Å². The van der Waals surface area contributed by atoms with Gasteiger partial charge >= 0.3 is 0 Å². The van der Waals surface area contributed by atoms with Crippen molar-refractivity contribution in [2.75, 3.05) is 37.7 Å². The molecule has 1 aliphatic rings. The van der Waals surface area contributed by atoms with Gasteiger partial charge in [0.2, 0.25) is 11.9 Å². The molecule has 0 saturated carbocycles. The summed E-state index contributed by atoms with van der Waals surface area (Å²) in [7, 11) is 0. The Morgan fingerprint density at radius 3 is 2.91 bits per heavy atom. The van der Waals surface area contributed by atoms with Crippen LogP contribution in [0.25, 0.3) is 0 Å². The predicted octanol–water partition coefficient (Wildman–Crippen LogP) is 1.54. The lowest BCUT2D eigenvalue weighted by Crippen LogP contribution is -2.41. The van der Waals surface area contributed by atoms with Gasteiger partial charge in [-0.05, 0) is 39.2 Å². The number of rotatable bonds is 7. The van der Waals surface area contributed by atoms with Crippen LogP contribution in [0.15, 0.2) is 12.3 Å². The number of carbonyl (C=O) groups is 1. The average molecular weight is 306 g/mol. The van der Waals surface area contributed by atoms with Gasteiger partial charge < -0.3 is 15.0 Å². The second kappa shape index (κ2) is 8.68. The first-order valence-corrected chi connectivity index (χ1v) is 8.10. The van der Waals surface area contributed by atoms with Crippen LogP contribution < -0.4 is 10.2 Å². The number of hydrogen-bond donors (Lipinski definition) is 1. The molecule has 1 aliphatic heterocycles. The van der Waals surface area contributed by atoms with Crippen LogP contribution in [-0.2, 0) is 9.53 Å². The van der Waals surface area contributed by atoms with Crippen LogP contribution in [0.2, 0.25) is 0 Å². The van der Waals surface area contributed by atoms with E-state index in [1.54, 1.807) is 6.20 Å². The Labute approximate surface area is 132 Å². The highest BCUT2D eigenvalue weighted by molar-refractivity contribution is 5.78. The molecule has 0 unspecified atom stereocenters. The smallest absolute Gasteiger partial charge is 0.225 e. The molecule has 0 bridgehead atoms. The molecule has 2 heterocycles. The maximum Gasteiger partial charge on any atom is 0.225 e. The van der Waals surface area contributed by atoms with Crippen molar-refractivity contribution in [3.05, 3.63) is 18.0 Å². The van der Waals surface area contributed by atoms with E-state index in [9.17, 15) is 4.79 Å². The number of hydrogen-bond acceptors (Lipinski definition) is 5. The Kier molecular flexibility index (Phi) is 6.58. The Hall–Kier alpha value is -1.69. The van der Waals surface area contributed by atoms with Crippen molar-refractivity contribution >= 4 is 11.9 Å². The fourth-order valence-electron chi connectivity index (χ4n) is 2.60. The Morgan fingerprint density at radius 2 is 2.23 bits per heavy atom. The minimum atomic E-state index is 0.105. The van der Waals surface area contributed by atoms with Gasteiger partial charge in [-0.25, -0.2) is 9.97 Å². The largest absolute Gasteiger partial charge is 0.382 e. The van der Waals surface area contributed by atoms with Crippen molar-refractivity contribution in [1.29, 1.82) is 0 Å². The number of ether oxygens (including phenoxy) is 1. The molecule has 0 aromatic carbocycles. The molecule has 6 nitrogen and oxygen atoms in total. The first kappa shape index (κ1) is 16.7. The van der Waals surface area contributed by atoms with Gasteiger partial charge in [0.05, 0.1) is 0 Å². The van der Waals surface area contributed by atoms with E-state index < -0.39 is 0 Å². The summed E-state index contributed by atoms with van der Waals surface area (Å²) in [5.74, 6) is 1.05. The van der Waals surface area contributed by atoms with Crippen molar-refractivity contribution in [3.8, 4) is 0 Å². The van der Waals surface area contributed by atoms with Crippen LogP contribution in [0.1, 0.15) is 31.9 Å². The maximum atomic E-state index is 12.1. The molecule has 6 heteroatoms. The van der Waals surface area contributed by atoms with Crippen LogP contribution in [0.4, 0.5) is 5.95 Å². The van der Waals surface area contributed by atoms with Crippen LogP contribution in [-0.4, -0.2) is 48.7 Å². The zero-order valence-corrected chi connectivity index (χ0v) is 13.5. The highest BCUT2D eigenvalue weighted by Crippen LogP contribution is 2.20. The van der Waals surface area contributed by atoms with Gasteiger partial charge in [-0.1, -0.05) is 0 Å². The molecule has 2 rings (SSSR count). The van der Waals surface area contributed by atoms with E-state index in [1.807, 2.05) is 19.9 Å². The minimum absolute atomic E-state index is 0.105. The molecular formula is C16H26N4O2. The lowest BCUT2D eigenvalue weighted by molar-refractivity contribution is -0.125. The lowest BCUT2D eigenvalue weighted by Gasteiger charge is -2.31. The molecule has 0 atom stereocenters. The molecule has 1 saturated heterocycles. The summed E-state index contributed by atoms with van der Waals surface area (Å²) in [5.41, 5.74) is 0.971. The number of amides is 1. The molecule has 22 heavy (non-hydrogen) atoms. The summed E-state index contributed by atoms with van der Waals surface area (Å²) in [6.07, 6.45) is 4.37. The Balaban J connectivity index is 1.71. The van der Waals surface area contributed by atoms with Crippen LogP contribution in [0.3, 0.4) is 0 Å². The van der Waals surface area contributed by atoms with Crippen molar-refractivity contribution in [3.63, 3.8) is 0 Å². The van der Waals surface area contributed by atoms with Crippen LogP contribution in [0, 0.1) is 12.8 Å². The van der Waals surface area contributed by atoms with E-state index >= 15 is 0 Å². The number of aryl methyl sites for hydroxylation is 1. The first-order chi connectivity index (χ1) is 10.7. The monoisotopic (exact) mass is 306 g/mol. The molecule has 1 aromatic heterocycles. The third kappa shape index (κ3) is 4.94. The summed E-state index contributed by atoms with van der Waals surface area (Å²) >= 11 is 0. The van der Waals surface area contributed by atoms with Gasteiger partial charge in [-0.15, -0.1) is 0 Å². The third-order valence-electron chi connectivity index (χ3n) is 3.90. The SMILES string of the molecule is CCOCCCNC(=O)C1CCN(c2nccc(C)n2)CC1. The van der Waals surface area contributed by atoms with Crippen molar-refractivity contribution in [1.82, 2.24) is 15.3 Å². The van der Waals surface area contributed by atoms with E-state index in [-0.39, 0.29) is 11.8 Å². The number of nitrogens with one attached hydrogen (secondary N) is 1. The molecule has 1 fully saturated rings. The molecule has 1 aromatic rings. The summed E-state index contributed by atoms with van der Waals surface area (Å²) in [4.78, 5) is 23.0. The Morgan fingerprint density at radius 1 is 1.45 bits per heavy atom. The summed E-state index contributed by atoms with van der Waals surface area (Å²) < 4.78 is 5.26. The van der Waals surface area contributed by atoms with E-state index in [1.165, 1.54) is 0 Å². The molecule has 1 N–H and O–H groups in total. The number of anilines is 1. The number of aromatic nitrogens is 2. The second-order valence-electron chi connectivity index (χ2n) is 5.60. The van der Waals surface area contributed by atoms with Gasteiger partial charge in [0.1, 0.15) is 0 Å². The third-order valence-corrected chi connectivity index (χ3v) is 3.90. The zero-order chi connectivity index (χ0) is 15.8. The zero-order valence-electron chi connectivity index (χ0n) is 13.5. The Bertz CT molecular complexity index is 473. The molecule has 0 spiro atoms. The fourth-order valence-corrected chi connectivity index (χ4v) is 2.60. The second-order valence-corrected chi connectivity index (χ2v) is 5.60. The van der Waals surface area contributed by atoms with Gasteiger partial charge in [0, 0.05) is 50.7 Å². The normalized spacial score (nSPS) is 15.8. The van der Waals surface area contributed by atoms with Crippen molar-refractivity contribution < 1.29 is 9.53 Å². The molecular weight excluding hydrogens is 280 g/mol. The van der Waals surface area contributed by atoms with E-state index in [2.05, 4.69) is 20.2 Å². The first-order valence-electron chi connectivity index (χ1n) is 8.10. The van der Waals surface area contributed by atoms with Crippen molar-refractivity contribution in [2.24, 2.45) is 5.92 Å². The summed E-state index contributed by atoms with van der Waals surface area (Å²) in [5, 5.41) is 3.01. The molecule has 122 valence electrons. The van der Waals surface area contributed by atoms with E-state index in [4.69, 9.17) is 4.74 Å². The van der Waals surface area contributed by atoms with Gasteiger partial charge in [0.25, 0.3) is 0 Å². The van der Waals surface area contributed by atoms with Crippen LogP contribution >= 0.6 is 0 Å². The number of nitrogens with zero attached hydrogens (tertiary/aromatic N) is 3. The summed E-state index contributed by atoms with van der Waals surface area (Å²) in [6, 6.07) is 1.89. The number of carbonyl (C=O) groups excluding carboxylic acids is 1. The quantitative estimate of drug-likeness (QED) is 0.774. The van der Waals surface area contributed by atoms with E-state index in [0.717, 1.165) is 50.6 Å². The van der Waals surface area contributed by atoms with E-state index in [0.29, 0.717) is 13.2 Å². The predicted molar refractivity (Wildman–Crippen MR) is 85.8 cm³/mol. The number of piperidine rings is 1. The van der Waals surface area contributed by atoms with Crippen LogP contribution in [0.5, 0.6) is 0 Å². The maximum absolute atomic E-state index is 12.1. The highest BCUT2D eigenvalue weighted by atomic mass is 16.5. The molecule has 0 radical (unpaired) electrons. The summed E-state index contributed by atoms with van der Waals surface area (Å²) in [6.45, 7) is 7.74. The van der Waals surface area contributed by atoms with Crippen molar-refractivity contribution in [2.45, 2.75) is 33.1 Å². The minimum Gasteiger partial charge on any atom is -0.382 e. The fraction of sp³-hybridized carbons (Fsp3) is 0.688. The topological polar surface area (TPSA) is 67.3 Å². The molecule has 0 aliphatic carbocycles. The highest BCUT2D eigenvalue weighted by Gasteiger charge is 2.25. The standard InChI is InChI=1S/C16H26N4O2/c1-3-22-12-4-8-17-15(21)14-6-10-20(11-7-14)16-18-9-5-13(2)19-16/h5,9,14H,3-4,6-8,10-12H2,1-2H3,(H,17,21).